The highest BCUT2D eigenvalue weighted by atomic mass is 19.4. The molecule has 2 amide bonds. The van der Waals surface area contributed by atoms with Crippen molar-refractivity contribution in [1.82, 2.24) is 15.6 Å². The zero-order chi connectivity index (χ0) is 16.9. The monoisotopic (exact) mass is 319 g/mol. The molecular weight excluding hydrogens is 307 g/mol. The maximum absolute atomic E-state index is 11.9. The molecule has 1 heterocycles. The largest absolute Gasteiger partial charge is 0.478 e. The second-order valence-electron chi connectivity index (χ2n) is 4.21. The van der Waals surface area contributed by atoms with Gasteiger partial charge in [0.2, 0.25) is 5.91 Å². The molecule has 1 rings (SSSR count). The van der Waals surface area contributed by atoms with Gasteiger partial charge in [-0.05, 0) is 19.1 Å². The number of hydrogen-bond donors (Lipinski definition) is 3. The number of aryl methyl sites for hydroxylation is 1. The molecule has 0 aromatic carbocycles. The van der Waals surface area contributed by atoms with E-state index in [1.54, 1.807) is 5.32 Å². The fraction of sp³-hybridized carbons (Fsp3) is 0.333. The number of alkyl halides is 3. The number of aromatic carboxylic acids is 1. The Morgan fingerprint density at radius 2 is 1.86 bits per heavy atom. The van der Waals surface area contributed by atoms with E-state index in [-0.39, 0.29) is 17.0 Å². The smallest absolute Gasteiger partial charge is 0.405 e. The quantitative estimate of drug-likeness (QED) is 0.732. The van der Waals surface area contributed by atoms with E-state index in [9.17, 15) is 27.6 Å². The van der Waals surface area contributed by atoms with Crippen LogP contribution in [0, 0.1) is 6.92 Å². The number of nitrogens with one attached hydrogen (secondary N) is 2. The Balaban J connectivity index is 2.57. The van der Waals surface area contributed by atoms with Gasteiger partial charge in [0.05, 0.1) is 17.8 Å². The molecule has 0 unspecified atom stereocenters. The first kappa shape index (κ1) is 17.4. The predicted octanol–water partition coefficient (Wildman–Crippen LogP) is 0.497. The molecule has 7 nitrogen and oxygen atoms in total. The number of hydrogen-bond acceptors (Lipinski definition) is 4. The third kappa shape index (κ3) is 5.38. The first-order chi connectivity index (χ1) is 10.1. The summed E-state index contributed by atoms with van der Waals surface area (Å²) in [5, 5.41) is 12.5. The van der Waals surface area contributed by atoms with Crippen molar-refractivity contribution in [3.63, 3.8) is 0 Å². The van der Waals surface area contributed by atoms with Gasteiger partial charge in [-0.1, -0.05) is 0 Å². The summed E-state index contributed by atoms with van der Waals surface area (Å²) in [7, 11) is 0. The average Bonchev–Trinajstić information content (AvgIpc) is 2.41. The Kier molecular flexibility index (Phi) is 5.44. The summed E-state index contributed by atoms with van der Waals surface area (Å²) in [5.41, 5.74) is -0.132. The van der Waals surface area contributed by atoms with Crippen molar-refractivity contribution < 1.29 is 32.7 Å². The van der Waals surface area contributed by atoms with Crippen LogP contribution in [0.1, 0.15) is 26.5 Å². The lowest BCUT2D eigenvalue weighted by atomic mass is 10.2. The van der Waals surface area contributed by atoms with E-state index in [2.05, 4.69) is 10.3 Å². The Morgan fingerprint density at radius 3 is 2.36 bits per heavy atom. The number of aromatic nitrogens is 1. The highest BCUT2D eigenvalue weighted by molar-refractivity contribution is 5.96. The molecule has 120 valence electrons. The van der Waals surface area contributed by atoms with Crippen molar-refractivity contribution in [1.29, 1.82) is 0 Å². The molecule has 0 aliphatic carbocycles. The van der Waals surface area contributed by atoms with E-state index in [4.69, 9.17) is 5.11 Å². The van der Waals surface area contributed by atoms with Crippen LogP contribution in [0.2, 0.25) is 0 Å². The summed E-state index contributed by atoms with van der Waals surface area (Å²) in [6.45, 7) is -0.765. The molecule has 3 N–H and O–H groups in total. The van der Waals surface area contributed by atoms with Gasteiger partial charge in [0.1, 0.15) is 12.2 Å². The summed E-state index contributed by atoms with van der Waals surface area (Å²) in [6, 6.07) is 2.31. The normalized spacial score (nSPS) is 10.9. The van der Waals surface area contributed by atoms with E-state index >= 15 is 0 Å². The summed E-state index contributed by atoms with van der Waals surface area (Å²) in [4.78, 5) is 37.3. The van der Waals surface area contributed by atoms with Gasteiger partial charge in [0, 0.05) is 0 Å². The van der Waals surface area contributed by atoms with Crippen LogP contribution in [0.4, 0.5) is 13.2 Å². The van der Waals surface area contributed by atoms with Crippen molar-refractivity contribution in [2.24, 2.45) is 0 Å². The SMILES string of the molecule is Cc1nc(C(=O)NCC(=O)NCC(F)(F)F)ccc1C(=O)O. The van der Waals surface area contributed by atoms with Gasteiger partial charge in [-0.3, -0.25) is 9.59 Å². The highest BCUT2D eigenvalue weighted by Gasteiger charge is 2.27. The lowest BCUT2D eigenvalue weighted by Gasteiger charge is -2.09. The standard InChI is InChI=1S/C12H12F3N3O4/c1-6-7(11(21)22)2-3-8(18-6)10(20)16-4-9(19)17-5-12(13,14)15/h2-3H,4-5H2,1H3,(H,16,20)(H,17,19)(H,21,22). The van der Waals surface area contributed by atoms with Crippen LogP contribution in [-0.4, -0.2) is 47.1 Å². The van der Waals surface area contributed by atoms with Crippen molar-refractivity contribution in [2.75, 3.05) is 13.1 Å². The molecule has 0 atom stereocenters. The maximum Gasteiger partial charge on any atom is 0.405 e. The van der Waals surface area contributed by atoms with Crippen LogP contribution >= 0.6 is 0 Å². The topological polar surface area (TPSA) is 108 Å². The minimum Gasteiger partial charge on any atom is -0.478 e. The molecule has 22 heavy (non-hydrogen) atoms. The Morgan fingerprint density at radius 1 is 1.23 bits per heavy atom. The number of carbonyl (C=O) groups is 3. The Bertz CT molecular complexity index is 602. The highest BCUT2D eigenvalue weighted by Crippen LogP contribution is 2.11. The molecule has 0 bridgehead atoms. The number of amides is 2. The van der Waals surface area contributed by atoms with Gasteiger partial charge in [0.25, 0.3) is 5.91 Å². The third-order valence-electron chi connectivity index (χ3n) is 2.44. The number of pyridine rings is 1. The van der Waals surface area contributed by atoms with Gasteiger partial charge in [-0.15, -0.1) is 0 Å². The van der Waals surface area contributed by atoms with Crippen LogP contribution in [0.25, 0.3) is 0 Å². The van der Waals surface area contributed by atoms with Crippen molar-refractivity contribution in [3.05, 3.63) is 29.1 Å². The first-order valence-corrected chi connectivity index (χ1v) is 5.93. The van der Waals surface area contributed by atoms with E-state index in [1.807, 2.05) is 0 Å². The summed E-state index contributed by atoms with van der Waals surface area (Å²) in [6.07, 6.45) is -4.54. The fourth-order valence-corrected chi connectivity index (χ4v) is 1.43. The molecule has 1 aromatic rings. The lowest BCUT2D eigenvalue weighted by Crippen LogP contribution is -2.41. The number of halogens is 3. The van der Waals surface area contributed by atoms with Crippen LogP contribution in [0.5, 0.6) is 0 Å². The van der Waals surface area contributed by atoms with Gasteiger partial charge in [-0.25, -0.2) is 9.78 Å². The van der Waals surface area contributed by atoms with Gasteiger partial charge >= 0.3 is 12.1 Å². The molecule has 0 radical (unpaired) electrons. The molecule has 1 aromatic heterocycles. The third-order valence-corrected chi connectivity index (χ3v) is 2.44. The minimum atomic E-state index is -4.54. The second kappa shape index (κ2) is 6.87. The number of carboxylic acids is 1. The zero-order valence-electron chi connectivity index (χ0n) is 11.3. The van der Waals surface area contributed by atoms with E-state index in [0.717, 1.165) is 6.07 Å². The molecule has 0 aliphatic heterocycles. The summed E-state index contributed by atoms with van der Waals surface area (Å²) in [5.74, 6) is -3.02. The summed E-state index contributed by atoms with van der Waals surface area (Å²) < 4.78 is 35.6. The fourth-order valence-electron chi connectivity index (χ4n) is 1.43. The van der Waals surface area contributed by atoms with E-state index in [1.165, 1.54) is 13.0 Å². The van der Waals surface area contributed by atoms with Crippen LogP contribution in [0.15, 0.2) is 12.1 Å². The first-order valence-electron chi connectivity index (χ1n) is 5.93. The van der Waals surface area contributed by atoms with Crippen LogP contribution in [-0.2, 0) is 4.79 Å². The number of rotatable bonds is 5. The summed E-state index contributed by atoms with van der Waals surface area (Å²) >= 11 is 0. The Hall–Kier alpha value is -2.65. The van der Waals surface area contributed by atoms with Gasteiger partial charge in [0.15, 0.2) is 0 Å². The number of carbonyl (C=O) groups excluding carboxylic acids is 2. The molecule has 0 fully saturated rings. The van der Waals surface area contributed by atoms with Crippen molar-refractivity contribution in [2.45, 2.75) is 13.1 Å². The van der Waals surface area contributed by atoms with Gasteiger partial charge in [-0.2, -0.15) is 13.2 Å². The van der Waals surface area contributed by atoms with Crippen molar-refractivity contribution >= 4 is 17.8 Å². The zero-order valence-corrected chi connectivity index (χ0v) is 11.3. The van der Waals surface area contributed by atoms with Crippen LogP contribution in [0.3, 0.4) is 0 Å². The Labute approximate surface area is 122 Å². The molecule has 0 aliphatic rings. The second-order valence-corrected chi connectivity index (χ2v) is 4.21. The van der Waals surface area contributed by atoms with Crippen molar-refractivity contribution in [3.8, 4) is 0 Å². The number of carboxylic acid groups (broad SMARTS) is 1. The van der Waals surface area contributed by atoms with E-state index < -0.39 is 37.0 Å². The maximum atomic E-state index is 11.9. The molecule has 10 heteroatoms. The lowest BCUT2D eigenvalue weighted by molar-refractivity contribution is -0.137. The number of nitrogens with zero attached hydrogens (tertiary/aromatic N) is 1. The minimum absolute atomic E-state index is 0.0838. The average molecular weight is 319 g/mol. The predicted molar refractivity (Wildman–Crippen MR) is 67.3 cm³/mol. The van der Waals surface area contributed by atoms with Crippen LogP contribution < -0.4 is 10.6 Å². The molecule has 0 spiro atoms. The molecule has 0 saturated heterocycles. The molecular formula is C12H12F3N3O4. The molecule has 0 saturated carbocycles. The van der Waals surface area contributed by atoms with Gasteiger partial charge < -0.3 is 15.7 Å². The van der Waals surface area contributed by atoms with E-state index in [0.29, 0.717) is 0 Å².